The number of pyridine rings is 1. The predicted molar refractivity (Wildman–Crippen MR) is 56.0 cm³/mol. The summed E-state index contributed by atoms with van der Waals surface area (Å²) in [5.74, 6) is -0.275. The SMILES string of the molecule is CC(Br)C(C)c1ncccc1C(F)(F)F. The van der Waals surface area contributed by atoms with Gasteiger partial charge in [0.15, 0.2) is 0 Å². The average Bonchev–Trinajstić information content (AvgIpc) is 2.15. The largest absolute Gasteiger partial charge is 0.418 e. The van der Waals surface area contributed by atoms with Crippen molar-refractivity contribution >= 4 is 15.9 Å². The summed E-state index contributed by atoms with van der Waals surface area (Å²) in [5, 5.41) is 0. The smallest absolute Gasteiger partial charge is 0.260 e. The zero-order valence-corrected chi connectivity index (χ0v) is 9.93. The van der Waals surface area contributed by atoms with Crippen molar-refractivity contribution in [1.82, 2.24) is 4.98 Å². The molecule has 0 saturated heterocycles. The molecule has 1 nitrogen and oxygen atoms in total. The van der Waals surface area contributed by atoms with Gasteiger partial charge in [0.2, 0.25) is 0 Å². The van der Waals surface area contributed by atoms with E-state index in [1.54, 1.807) is 13.8 Å². The van der Waals surface area contributed by atoms with E-state index in [1.165, 1.54) is 12.3 Å². The third kappa shape index (κ3) is 2.93. The Kier molecular flexibility index (Phi) is 3.76. The quantitative estimate of drug-likeness (QED) is 0.747. The maximum Gasteiger partial charge on any atom is 0.418 e. The molecule has 0 radical (unpaired) electrons. The molecule has 1 rings (SSSR count). The lowest BCUT2D eigenvalue weighted by atomic mass is 9.99. The fourth-order valence-electron chi connectivity index (χ4n) is 1.24. The van der Waals surface area contributed by atoms with Gasteiger partial charge in [-0.25, -0.2) is 0 Å². The third-order valence-electron chi connectivity index (χ3n) is 2.26. The van der Waals surface area contributed by atoms with Crippen LogP contribution in [0.1, 0.15) is 31.0 Å². The molecule has 5 heteroatoms. The summed E-state index contributed by atoms with van der Waals surface area (Å²) in [6.07, 6.45) is -2.95. The van der Waals surface area contributed by atoms with E-state index in [9.17, 15) is 13.2 Å². The molecule has 0 aliphatic heterocycles. The summed E-state index contributed by atoms with van der Waals surface area (Å²) in [6.45, 7) is 3.52. The Morgan fingerprint density at radius 3 is 2.40 bits per heavy atom. The molecule has 0 bridgehead atoms. The minimum atomic E-state index is -4.33. The fourth-order valence-corrected chi connectivity index (χ4v) is 1.49. The zero-order valence-electron chi connectivity index (χ0n) is 8.35. The Labute approximate surface area is 94.8 Å². The normalized spacial score (nSPS) is 16.1. The molecule has 2 unspecified atom stereocenters. The van der Waals surface area contributed by atoms with Crippen LogP contribution in [0.5, 0.6) is 0 Å². The Morgan fingerprint density at radius 1 is 1.33 bits per heavy atom. The van der Waals surface area contributed by atoms with E-state index in [-0.39, 0.29) is 16.4 Å². The van der Waals surface area contributed by atoms with Crippen LogP contribution in [0.3, 0.4) is 0 Å². The number of aromatic nitrogens is 1. The maximum atomic E-state index is 12.6. The fraction of sp³-hybridized carbons (Fsp3) is 0.500. The van der Waals surface area contributed by atoms with Crippen LogP contribution in [0.2, 0.25) is 0 Å². The lowest BCUT2D eigenvalue weighted by Crippen LogP contribution is -2.16. The number of rotatable bonds is 2. The van der Waals surface area contributed by atoms with Gasteiger partial charge >= 0.3 is 6.18 Å². The molecule has 84 valence electrons. The molecule has 1 aromatic heterocycles. The van der Waals surface area contributed by atoms with Crippen LogP contribution in [0.15, 0.2) is 18.3 Å². The number of halogens is 4. The second-order valence-electron chi connectivity index (χ2n) is 3.40. The van der Waals surface area contributed by atoms with E-state index in [0.717, 1.165) is 6.07 Å². The highest BCUT2D eigenvalue weighted by Gasteiger charge is 2.35. The van der Waals surface area contributed by atoms with Crippen molar-refractivity contribution in [3.8, 4) is 0 Å². The Morgan fingerprint density at radius 2 is 1.93 bits per heavy atom. The molecule has 1 aromatic rings. The number of nitrogens with zero attached hydrogens (tertiary/aromatic N) is 1. The second-order valence-corrected chi connectivity index (χ2v) is 4.84. The van der Waals surface area contributed by atoms with Crippen LogP contribution in [-0.2, 0) is 6.18 Å². The van der Waals surface area contributed by atoms with Gasteiger partial charge in [0.1, 0.15) is 0 Å². The Bertz CT molecular complexity index is 336. The summed E-state index contributed by atoms with van der Waals surface area (Å²) in [5.41, 5.74) is -0.557. The molecule has 0 aliphatic rings. The van der Waals surface area contributed by atoms with Crippen molar-refractivity contribution < 1.29 is 13.2 Å². The van der Waals surface area contributed by atoms with Crippen molar-refractivity contribution in [2.75, 3.05) is 0 Å². The standard InChI is InChI=1S/C10H11BrF3N/c1-6(7(2)11)9-8(10(12,13)14)4-3-5-15-9/h3-7H,1-2H3. The van der Waals surface area contributed by atoms with Crippen LogP contribution >= 0.6 is 15.9 Å². The van der Waals surface area contributed by atoms with E-state index >= 15 is 0 Å². The summed E-state index contributed by atoms with van der Waals surface area (Å²) in [6, 6.07) is 2.37. The first kappa shape index (κ1) is 12.5. The van der Waals surface area contributed by atoms with Crippen LogP contribution < -0.4 is 0 Å². The van der Waals surface area contributed by atoms with Crippen molar-refractivity contribution in [2.45, 2.75) is 30.8 Å². The summed E-state index contributed by atoms with van der Waals surface area (Å²) in [7, 11) is 0. The van der Waals surface area contributed by atoms with Crippen molar-refractivity contribution in [3.63, 3.8) is 0 Å². The summed E-state index contributed by atoms with van der Waals surface area (Å²) >= 11 is 3.27. The van der Waals surface area contributed by atoms with E-state index in [0.29, 0.717) is 0 Å². The first-order valence-corrected chi connectivity index (χ1v) is 5.41. The topological polar surface area (TPSA) is 12.9 Å². The molecular weight excluding hydrogens is 271 g/mol. The molecule has 15 heavy (non-hydrogen) atoms. The Hall–Kier alpha value is -0.580. The monoisotopic (exact) mass is 281 g/mol. The molecular formula is C10H11BrF3N. The van der Waals surface area contributed by atoms with Crippen LogP contribution in [0.4, 0.5) is 13.2 Å². The highest BCUT2D eigenvalue weighted by Crippen LogP contribution is 2.35. The van der Waals surface area contributed by atoms with E-state index in [1.807, 2.05) is 0 Å². The van der Waals surface area contributed by atoms with Crippen LogP contribution in [0, 0.1) is 0 Å². The zero-order chi connectivity index (χ0) is 11.6. The van der Waals surface area contributed by atoms with Gasteiger partial charge in [-0.3, -0.25) is 4.98 Å². The number of hydrogen-bond acceptors (Lipinski definition) is 1. The van der Waals surface area contributed by atoms with E-state index in [2.05, 4.69) is 20.9 Å². The second kappa shape index (κ2) is 4.51. The molecule has 0 fully saturated rings. The molecule has 0 saturated carbocycles. The van der Waals surface area contributed by atoms with Crippen molar-refractivity contribution in [1.29, 1.82) is 0 Å². The van der Waals surface area contributed by atoms with Gasteiger partial charge in [0.25, 0.3) is 0 Å². The van der Waals surface area contributed by atoms with Gasteiger partial charge in [-0.05, 0) is 12.1 Å². The van der Waals surface area contributed by atoms with E-state index in [4.69, 9.17) is 0 Å². The molecule has 0 spiro atoms. The summed E-state index contributed by atoms with van der Waals surface area (Å²) < 4.78 is 37.9. The third-order valence-corrected chi connectivity index (χ3v) is 3.06. The van der Waals surface area contributed by atoms with Crippen LogP contribution in [-0.4, -0.2) is 9.81 Å². The van der Waals surface area contributed by atoms with Gasteiger partial charge < -0.3 is 0 Å². The molecule has 1 heterocycles. The lowest BCUT2D eigenvalue weighted by Gasteiger charge is -2.18. The minimum Gasteiger partial charge on any atom is -0.260 e. The first-order chi connectivity index (χ1) is 6.84. The first-order valence-electron chi connectivity index (χ1n) is 4.50. The van der Waals surface area contributed by atoms with Crippen molar-refractivity contribution in [3.05, 3.63) is 29.6 Å². The number of alkyl halides is 4. The molecule has 2 atom stereocenters. The van der Waals surface area contributed by atoms with Crippen molar-refractivity contribution in [2.24, 2.45) is 0 Å². The number of hydrogen-bond donors (Lipinski definition) is 0. The van der Waals surface area contributed by atoms with Gasteiger partial charge in [-0.1, -0.05) is 29.8 Å². The van der Waals surface area contributed by atoms with Gasteiger partial charge in [-0.15, -0.1) is 0 Å². The molecule has 0 N–H and O–H groups in total. The van der Waals surface area contributed by atoms with Gasteiger partial charge in [-0.2, -0.15) is 13.2 Å². The molecule has 0 amide bonds. The predicted octanol–water partition coefficient (Wildman–Crippen LogP) is 3.99. The van der Waals surface area contributed by atoms with Gasteiger partial charge in [0.05, 0.1) is 11.3 Å². The average molecular weight is 282 g/mol. The molecule has 0 aromatic carbocycles. The Balaban J connectivity index is 3.18. The van der Waals surface area contributed by atoms with Crippen LogP contribution in [0.25, 0.3) is 0 Å². The summed E-state index contributed by atoms with van der Waals surface area (Å²) in [4.78, 5) is 3.77. The molecule has 0 aliphatic carbocycles. The van der Waals surface area contributed by atoms with E-state index < -0.39 is 11.7 Å². The minimum absolute atomic E-state index is 0.0477. The lowest BCUT2D eigenvalue weighted by molar-refractivity contribution is -0.138. The maximum absolute atomic E-state index is 12.6. The van der Waals surface area contributed by atoms with Gasteiger partial charge in [0, 0.05) is 16.9 Å². The highest BCUT2D eigenvalue weighted by atomic mass is 79.9. The highest BCUT2D eigenvalue weighted by molar-refractivity contribution is 9.09.